The van der Waals surface area contributed by atoms with Gasteiger partial charge >= 0.3 is 11.8 Å². The molecule has 0 spiro atoms. The molecule has 2 aromatic rings. The normalized spacial score (nSPS) is 25.7. The van der Waals surface area contributed by atoms with Gasteiger partial charge in [-0.2, -0.15) is 4.57 Å². The molecule has 0 aliphatic heterocycles. The monoisotopic (exact) mass is 356 g/mol. The number of hydrogen-bond donors (Lipinski definition) is 0. The van der Waals surface area contributed by atoms with E-state index in [0.29, 0.717) is 36.0 Å². The molecule has 1 heterocycles. The molecule has 2 aliphatic rings. The highest BCUT2D eigenvalue weighted by molar-refractivity contribution is 5.87. The third kappa shape index (κ3) is 2.77. The van der Waals surface area contributed by atoms with E-state index in [1.165, 1.54) is 0 Å². The van der Waals surface area contributed by atoms with E-state index in [2.05, 4.69) is 0 Å². The van der Waals surface area contributed by atoms with Crippen molar-refractivity contribution < 1.29 is 14.3 Å². The lowest BCUT2D eigenvalue weighted by Gasteiger charge is -2.19. The van der Waals surface area contributed by atoms with E-state index in [0.717, 1.165) is 22.9 Å². The first kappa shape index (κ1) is 17.1. The average molecular weight is 356 g/mol. The molecule has 0 N–H and O–H groups in total. The van der Waals surface area contributed by atoms with Crippen LogP contribution < -0.4 is 5.69 Å². The number of nitrogens with zero attached hydrogens (tertiary/aromatic N) is 2. The van der Waals surface area contributed by atoms with Crippen LogP contribution in [0, 0.1) is 11.8 Å². The largest absolute Gasteiger partial charge is 0.443 e. The zero-order chi connectivity index (χ0) is 18.6. The molecular weight excluding hydrogens is 332 g/mol. The van der Waals surface area contributed by atoms with Crippen LogP contribution in [0.3, 0.4) is 0 Å². The molecule has 0 saturated heterocycles. The van der Waals surface area contributed by atoms with Gasteiger partial charge in [0.1, 0.15) is 11.4 Å². The molecule has 2 aliphatic carbocycles. The zero-order valence-electron chi connectivity index (χ0n) is 15.4. The van der Waals surface area contributed by atoms with Gasteiger partial charge in [0.15, 0.2) is 0 Å². The first-order valence-corrected chi connectivity index (χ1v) is 9.21. The summed E-state index contributed by atoms with van der Waals surface area (Å²) in [5.74, 6) is 1.06. The van der Waals surface area contributed by atoms with Crippen molar-refractivity contribution in [2.75, 3.05) is 0 Å². The second kappa shape index (κ2) is 5.83. The predicted molar refractivity (Wildman–Crippen MR) is 97.3 cm³/mol. The molecule has 4 rings (SSSR count). The lowest BCUT2D eigenvalue weighted by atomic mass is 10.0. The Kier molecular flexibility index (Phi) is 3.82. The van der Waals surface area contributed by atoms with E-state index >= 15 is 0 Å². The van der Waals surface area contributed by atoms with Gasteiger partial charge < -0.3 is 4.74 Å². The molecule has 1 aromatic carbocycles. The van der Waals surface area contributed by atoms with Crippen molar-refractivity contribution in [3.8, 4) is 0 Å². The van der Waals surface area contributed by atoms with E-state index in [1.807, 2.05) is 18.2 Å². The molecule has 0 amide bonds. The third-order valence-electron chi connectivity index (χ3n) is 5.52. The Morgan fingerprint density at radius 3 is 2.19 bits per heavy atom. The molecular formula is C20H24N2O4. The van der Waals surface area contributed by atoms with Gasteiger partial charge in [0.2, 0.25) is 0 Å². The van der Waals surface area contributed by atoms with Crippen LogP contribution in [-0.4, -0.2) is 26.6 Å². The van der Waals surface area contributed by atoms with Crippen molar-refractivity contribution in [1.82, 2.24) is 9.13 Å². The first-order chi connectivity index (χ1) is 12.2. The second-order valence-corrected chi connectivity index (χ2v) is 8.55. The van der Waals surface area contributed by atoms with Crippen LogP contribution in [0.15, 0.2) is 29.1 Å². The summed E-state index contributed by atoms with van der Waals surface area (Å²) in [7, 11) is 0. The molecule has 6 heteroatoms. The van der Waals surface area contributed by atoms with Gasteiger partial charge in [-0.15, -0.1) is 0 Å². The minimum Gasteiger partial charge on any atom is -0.443 e. The number of rotatable bonds is 1. The van der Waals surface area contributed by atoms with Crippen LogP contribution in [0.25, 0.3) is 11.0 Å². The summed E-state index contributed by atoms with van der Waals surface area (Å²) in [4.78, 5) is 37.5. The second-order valence-electron chi connectivity index (χ2n) is 8.55. The van der Waals surface area contributed by atoms with Gasteiger partial charge in [-0.25, -0.2) is 9.59 Å². The Bertz CT molecular complexity index is 931. The molecule has 1 unspecified atom stereocenters. The summed E-state index contributed by atoms with van der Waals surface area (Å²) in [5, 5.41) is 0. The van der Waals surface area contributed by atoms with E-state index in [1.54, 1.807) is 31.4 Å². The maximum absolute atomic E-state index is 13.1. The first-order valence-electron chi connectivity index (χ1n) is 9.21. The van der Waals surface area contributed by atoms with Crippen LogP contribution in [0.5, 0.6) is 0 Å². The summed E-state index contributed by atoms with van der Waals surface area (Å²) in [5.41, 5.74) is 0.293. The summed E-state index contributed by atoms with van der Waals surface area (Å²) >= 11 is 0. The minimum atomic E-state index is -0.676. The lowest BCUT2D eigenvalue weighted by molar-refractivity contribution is -0.117. The standard InChI is InChI=1S/C20H24N2O4/c1-20(2,3)26-19(25)22-17-7-5-4-6-16(17)21(18(22)24)14-8-12-10-15(23)11-13(12)9-14/h4-7,12-14H,8-11H2,1-3H3/t12-,13?,14-/m1/s1. The van der Waals surface area contributed by atoms with Gasteiger partial charge in [-0.3, -0.25) is 9.36 Å². The number of para-hydroxylation sites is 2. The minimum absolute atomic E-state index is 0.0270. The highest BCUT2D eigenvalue weighted by atomic mass is 16.6. The molecule has 26 heavy (non-hydrogen) atoms. The van der Waals surface area contributed by atoms with Crippen molar-refractivity contribution in [3.05, 3.63) is 34.7 Å². The maximum atomic E-state index is 13.1. The number of carbonyl (C=O) groups is 2. The zero-order valence-corrected chi connectivity index (χ0v) is 15.4. The van der Waals surface area contributed by atoms with Gasteiger partial charge in [0.25, 0.3) is 0 Å². The Labute approximate surface area is 151 Å². The van der Waals surface area contributed by atoms with Gasteiger partial charge in [-0.05, 0) is 57.6 Å². The molecule has 6 nitrogen and oxygen atoms in total. The average Bonchev–Trinajstić information content (AvgIpc) is 3.13. The van der Waals surface area contributed by atoms with Crippen molar-refractivity contribution in [1.29, 1.82) is 0 Å². The third-order valence-corrected chi connectivity index (χ3v) is 5.52. The Balaban J connectivity index is 1.77. The van der Waals surface area contributed by atoms with E-state index < -0.39 is 11.7 Å². The number of Topliss-reactive ketones (excluding diaryl/α,β-unsaturated/α-hetero) is 1. The summed E-state index contributed by atoms with van der Waals surface area (Å²) in [6.07, 6.45) is 2.24. The molecule has 2 saturated carbocycles. The number of ether oxygens (including phenoxy) is 1. The number of hydrogen-bond acceptors (Lipinski definition) is 4. The summed E-state index contributed by atoms with van der Waals surface area (Å²) in [6.45, 7) is 5.35. The number of aromatic nitrogens is 2. The Morgan fingerprint density at radius 1 is 1.04 bits per heavy atom. The van der Waals surface area contributed by atoms with Crippen LogP contribution >= 0.6 is 0 Å². The Hall–Kier alpha value is -2.37. The fourth-order valence-electron chi connectivity index (χ4n) is 4.57. The molecule has 3 atom stereocenters. The highest BCUT2D eigenvalue weighted by Crippen LogP contribution is 2.47. The number of carbonyl (C=O) groups excluding carboxylic acids is 2. The van der Waals surface area contributed by atoms with E-state index in [4.69, 9.17) is 4.74 Å². The van der Waals surface area contributed by atoms with Gasteiger partial charge in [0.05, 0.1) is 11.0 Å². The number of imidazole rings is 1. The van der Waals surface area contributed by atoms with Crippen LogP contribution in [-0.2, 0) is 9.53 Å². The lowest BCUT2D eigenvalue weighted by Crippen LogP contribution is -2.35. The summed E-state index contributed by atoms with van der Waals surface area (Å²) < 4.78 is 8.32. The van der Waals surface area contributed by atoms with Crippen molar-refractivity contribution in [3.63, 3.8) is 0 Å². The molecule has 0 radical (unpaired) electrons. The van der Waals surface area contributed by atoms with Crippen LogP contribution in [0.4, 0.5) is 4.79 Å². The van der Waals surface area contributed by atoms with Crippen LogP contribution in [0.2, 0.25) is 0 Å². The fourth-order valence-corrected chi connectivity index (χ4v) is 4.57. The van der Waals surface area contributed by atoms with Crippen molar-refractivity contribution in [2.45, 2.75) is 58.1 Å². The summed E-state index contributed by atoms with van der Waals surface area (Å²) in [6, 6.07) is 7.36. The SMILES string of the molecule is CC(C)(C)OC(=O)n1c(=O)n([C@H]2CC3CC(=O)C[C@H]3C2)c2ccccc21. The quantitative estimate of drug-likeness (QED) is 0.784. The molecule has 138 valence electrons. The van der Waals surface area contributed by atoms with Crippen LogP contribution in [0.1, 0.15) is 52.5 Å². The fraction of sp³-hybridized carbons (Fsp3) is 0.550. The Morgan fingerprint density at radius 2 is 1.62 bits per heavy atom. The number of fused-ring (bicyclic) bond motifs is 2. The van der Waals surface area contributed by atoms with Gasteiger partial charge in [0, 0.05) is 18.9 Å². The van der Waals surface area contributed by atoms with Crippen molar-refractivity contribution in [2.24, 2.45) is 11.8 Å². The van der Waals surface area contributed by atoms with Gasteiger partial charge in [-0.1, -0.05) is 12.1 Å². The maximum Gasteiger partial charge on any atom is 0.423 e. The highest BCUT2D eigenvalue weighted by Gasteiger charge is 2.43. The number of ketones is 1. The topological polar surface area (TPSA) is 70.3 Å². The molecule has 1 aromatic heterocycles. The molecule has 2 fully saturated rings. The van der Waals surface area contributed by atoms with E-state index in [9.17, 15) is 14.4 Å². The smallest absolute Gasteiger partial charge is 0.423 e. The van der Waals surface area contributed by atoms with Crippen molar-refractivity contribution >= 4 is 22.9 Å². The number of benzene rings is 1. The molecule has 0 bridgehead atoms. The predicted octanol–water partition coefficient (Wildman–Crippen LogP) is 3.52. The van der Waals surface area contributed by atoms with E-state index in [-0.39, 0.29) is 11.7 Å².